The Bertz CT molecular complexity index is 1080. The summed E-state index contributed by atoms with van der Waals surface area (Å²) in [7, 11) is -2.23. The lowest BCUT2D eigenvalue weighted by atomic mass is 9.70. The van der Waals surface area contributed by atoms with E-state index in [0.29, 0.717) is 0 Å². The van der Waals surface area contributed by atoms with Crippen molar-refractivity contribution in [3.63, 3.8) is 0 Å². The Morgan fingerprint density at radius 2 is 0.853 bits per heavy atom. The number of hydrogen-bond acceptors (Lipinski definition) is 1. The summed E-state index contributed by atoms with van der Waals surface area (Å²) in [5.74, 6) is -0.0196. The van der Waals surface area contributed by atoms with Crippen LogP contribution in [0.2, 0.25) is 18.1 Å². The lowest BCUT2D eigenvalue weighted by molar-refractivity contribution is 0.0743. The molecule has 1 nitrogen and oxygen atoms in total. The zero-order chi connectivity index (χ0) is 24.2. The maximum atomic E-state index is 7.67. The van der Waals surface area contributed by atoms with E-state index in [1.165, 1.54) is 22.3 Å². The minimum absolute atomic E-state index is 0.0196. The fourth-order valence-electron chi connectivity index (χ4n) is 4.56. The molecule has 0 atom stereocenters. The highest BCUT2D eigenvalue weighted by molar-refractivity contribution is 6.74. The first-order chi connectivity index (χ1) is 16.3. The maximum absolute atomic E-state index is 7.67. The van der Waals surface area contributed by atoms with E-state index < -0.39 is 13.9 Å². The zero-order valence-electron chi connectivity index (χ0n) is 21.0. The largest absolute Gasteiger partial charge is 0.402 e. The Hall–Kier alpha value is -2.94. The van der Waals surface area contributed by atoms with Crippen LogP contribution in [0.1, 0.15) is 48.9 Å². The van der Waals surface area contributed by atoms with Crippen LogP contribution in [0.4, 0.5) is 0 Å². The van der Waals surface area contributed by atoms with E-state index in [0.717, 1.165) is 0 Å². The van der Waals surface area contributed by atoms with E-state index in [-0.39, 0.29) is 11.0 Å². The van der Waals surface area contributed by atoms with Gasteiger partial charge in [0, 0.05) is 5.92 Å². The Morgan fingerprint density at radius 1 is 0.529 bits per heavy atom. The summed E-state index contributed by atoms with van der Waals surface area (Å²) in [5.41, 5.74) is 4.18. The van der Waals surface area contributed by atoms with Gasteiger partial charge in [0.25, 0.3) is 0 Å². The molecule has 0 heterocycles. The third-order valence-electron chi connectivity index (χ3n) is 7.30. The van der Waals surface area contributed by atoms with Crippen molar-refractivity contribution in [3.05, 3.63) is 144 Å². The van der Waals surface area contributed by atoms with Crippen molar-refractivity contribution in [2.45, 2.75) is 50.4 Å². The van der Waals surface area contributed by atoms with Crippen LogP contribution in [-0.2, 0) is 10.0 Å². The molecule has 0 radical (unpaired) electrons. The predicted molar refractivity (Wildman–Crippen MR) is 147 cm³/mol. The summed E-state index contributed by atoms with van der Waals surface area (Å²) < 4.78 is 7.67. The summed E-state index contributed by atoms with van der Waals surface area (Å²) in [6, 6.07) is 43.4. The molecule has 174 valence electrons. The van der Waals surface area contributed by atoms with Gasteiger partial charge in [0.05, 0.1) is 0 Å². The normalized spacial score (nSPS) is 12.6. The Kier molecular flexibility index (Phi) is 6.93. The van der Waals surface area contributed by atoms with E-state index >= 15 is 0 Å². The first-order valence-corrected chi connectivity index (χ1v) is 15.1. The van der Waals surface area contributed by atoms with Crippen molar-refractivity contribution < 1.29 is 4.43 Å². The van der Waals surface area contributed by atoms with Crippen molar-refractivity contribution in [2.75, 3.05) is 0 Å². The van der Waals surface area contributed by atoms with Crippen molar-refractivity contribution in [1.29, 1.82) is 0 Å². The minimum atomic E-state index is -2.23. The van der Waals surface area contributed by atoms with Gasteiger partial charge in [-0.2, -0.15) is 0 Å². The second kappa shape index (κ2) is 9.73. The standard InChI is InChI=1S/C32H36OSi/c1-31(2,3)34(4,5)33-32(28-22-14-8-15-23-28,29-24-16-9-17-25-29)30(26-18-10-6-11-19-26)27-20-12-7-13-21-27/h6-25,30H,1-5H3. The fourth-order valence-corrected chi connectivity index (χ4v) is 6.02. The van der Waals surface area contributed by atoms with Gasteiger partial charge in [-0.15, -0.1) is 0 Å². The molecular formula is C32H36OSi. The SMILES string of the molecule is CC(C)(C)[Si](C)(C)OC(c1ccccc1)(c1ccccc1)C(c1ccccc1)c1ccccc1. The molecule has 0 aromatic heterocycles. The van der Waals surface area contributed by atoms with E-state index in [1.807, 2.05) is 0 Å². The molecule has 0 unspecified atom stereocenters. The van der Waals surface area contributed by atoms with E-state index in [4.69, 9.17) is 4.43 Å². The van der Waals surface area contributed by atoms with Gasteiger partial charge in [-0.3, -0.25) is 0 Å². The monoisotopic (exact) mass is 464 g/mol. The van der Waals surface area contributed by atoms with Crippen molar-refractivity contribution >= 4 is 8.32 Å². The van der Waals surface area contributed by atoms with Crippen LogP contribution in [0, 0.1) is 0 Å². The molecule has 0 aliphatic carbocycles. The smallest absolute Gasteiger partial charge is 0.193 e. The zero-order valence-corrected chi connectivity index (χ0v) is 22.0. The summed E-state index contributed by atoms with van der Waals surface area (Å²) in [6.45, 7) is 11.7. The Morgan fingerprint density at radius 3 is 1.18 bits per heavy atom. The van der Waals surface area contributed by atoms with Crippen LogP contribution in [0.5, 0.6) is 0 Å². The van der Waals surface area contributed by atoms with E-state index in [9.17, 15) is 0 Å². The molecule has 4 aromatic carbocycles. The van der Waals surface area contributed by atoms with Crippen LogP contribution in [0.15, 0.2) is 121 Å². The van der Waals surface area contributed by atoms with Gasteiger partial charge in [-0.05, 0) is 40.4 Å². The minimum Gasteiger partial charge on any atom is -0.402 e. The lowest BCUT2D eigenvalue weighted by Crippen LogP contribution is -2.51. The summed E-state index contributed by atoms with van der Waals surface area (Å²) >= 11 is 0. The predicted octanol–water partition coefficient (Wildman–Crippen LogP) is 8.78. The van der Waals surface area contributed by atoms with Gasteiger partial charge < -0.3 is 4.43 Å². The van der Waals surface area contributed by atoms with Gasteiger partial charge in [-0.1, -0.05) is 142 Å². The molecule has 0 saturated carbocycles. The molecule has 0 saturated heterocycles. The van der Waals surface area contributed by atoms with Crippen molar-refractivity contribution in [2.24, 2.45) is 0 Å². The molecule has 0 fully saturated rings. The number of benzene rings is 4. The Balaban J connectivity index is 2.12. The lowest BCUT2D eigenvalue weighted by Gasteiger charge is -2.50. The molecule has 0 N–H and O–H groups in total. The molecule has 0 aliphatic heterocycles. The van der Waals surface area contributed by atoms with Crippen LogP contribution in [0.3, 0.4) is 0 Å². The molecule has 0 spiro atoms. The maximum Gasteiger partial charge on any atom is 0.193 e. The highest BCUT2D eigenvalue weighted by atomic mass is 28.4. The van der Waals surface area contributed by atoms with Crippen LogP contribution in [-0.4, -0.2) is 8.32 Å². The first-order valence-electron chi connectivity index (χ1n) is 12.2. The molecule has 34 heavy (non-hydrogen) atoms. The topological polar surface area (TPSA) is 9.23 Å². The molecular weight excluding hydrogens is 428 g/mol. The highest BCUT2D eigenvalue weighted by Gasteiger charge is 2.51. The first kappa shape index (κ1) is 24.2. The molecule has 0 amide bonds. The van der Waals surface area contributed by atoms with Gasteiger partial charge in [0.1, 0.15) is 5.60 Å². The summed E-state index contributed by atoms with van der Waals surface area (Å²) in [6.07, 6.45) is 0. The average molecular weight is 465 g/mol. The fraction of sp³-hybridized carbons (Fsp3) is 0.250. The third kappa shape index (κ3) is 4.66. The number of hydrogen-bond donors (Lipinski definition) is 0. The van der Waals surface area contributed by atoms with Crippen LogP contribution < -0.4 is 0 Å². The summed E-state index contributed by atoms with van der Waals surface area (Å²) in [4.78, 5) is 0. The van der Waals surface area contributed by atoms with Gasteiger partial charge in [0.2, 0.25) is 0 Å². The van der Waals surface area contributed by atoms with Crippen LogP contribution in [0.25, 0.3) is 0 Å². The quantitative estimate of drug-likeness (QED) is 0.248. The van der Waals surface area contributed by atoms with Gasteiger partial charge >= 0.3 is 0 Å². The van der Waals surface area contributed by atoms with Gasteiger partial charge in [-0.25, -0.2) is 0 Å². The molecule has 4 aromatic rings. The Labute approximate surface area is 206 Å². The third-order valence-corrected chi connectivity index (χ3v) is 11.7. The van der Waals surface area contributed by atoms with Crippen molar-refractivity contribution in [3.8, 4) is 0 Å². The summed E-state index contributed by atoms with van der Waals surface area (Å²) in [5, 5.41) is 0.0553. The molecule has 2 heteroatoms. The van der Waals surface area contributed by atoms with E-state index in [1.54, 1.807) is 0 Å². The number of rotatable bonds is 7. The second-order valence-electron chi connectivity index (χ2n) is 10.6. The highest BCUT2D eigenvalue weighted by Crippen LogP contribution is 2.53. The molecule has 4 rings (SSSR count). The second-order valence-corrected chi connectivity index (χ2v) is 15.3. The molecule has 0 aliphatic rings. The van der Waals surface area contributed by atoms with Gasteiger partial charge in [0.15, 0.2) is 8.32 Å². The van der Waals surface area contributed by atoms with Crippen molar-refractivity contribution in [1.82, 2.24) is 0 Å². The van der Waals surface area contributed by atoms with Crippen LogP contribution >= 0.6 is 0 Å². The average Bonchev–Trinajstić information content (AvgIpc) is 2.85. The van der Waals surface area contributed by atoms with E-state index in [2.05, 4.69) is 155 Å². The molecule has 0 bridgehead atoms.